The molecule has 0 heterocycles. The molecule has 0 radical (unpaired) electrons. The summed E-state index contributed by atoms with van der Waals surface area (Å²) < 4.78 is 5.25. The molecule has 0 aliphatic carbocycles. The third kappa shape index (κ3) is 11.0. The van der Waals surface area contributed by atoms with Gasteiger partial charge < -0.3 is 15.0 Å². The molecule has 2 aromatic rings. The number of aryl methyl sites for hydroxylation is 1. The van der Waals surface area contributed by atoms with Crippen LogP contribution < -0.4 is 10.8 Å². The first kappa shape index (κ1) is 26.1. The molecule has 0 aromatic heterocycles. The van der Waals surface area contributed by atoms with Gasteiger partial charge in [-0.25, -0.2) is 10.3 Å². The van der Waals surface area contributed by atoms with Crippen LogP contribution in [-0.4, -0.2) is 43.3 Å². The van der Waals surface area contributed by atoms with Gasteiger partial charge in [-0.3, -0.25) is 4.84 Å². The van der Waals surface area contributed by atoms with Crippen molar-refractivity contribution in [2.24, 2.45) is 0 Å². The molecular weight excluding hydrogens is 426 g/mol. The number of nitrogens with zero attached hydrogens (tertiary/aromatic N) is 1. The summed E-state index contributed by atoms with van der Waals surface area (Å²) >= 11 is 6.12. The second kappa shape index (κ2) is 13.4. The van der Waals surface area contributed by atoms with E-state index >= 15 is 0 Å². The number of benzene rings is 2. The maximum atomic E-state index is 11.7. The fourth-order valence-corrected chi connectivity index (χ4v) is 3.22. The number of carbonyl (C=O) groups excluding carboxylic acids is 1. The second-order valence-corrected chi connectivity index (χ2v) is 9.26. The lowest BCUT2D eigenvalue weighted by Gasteiger charge is -2.19. The van der Waals surface area contributed by atoms with Gasteiger partial charge in [-0.05, 0) is 70.0 Å². The number of hydrogen-bond acceptors (Lipinski definition) is 5. The summed E-state index contributed by atoms with van der Waals surface area (Å²) in [6.07, 6.45) is 1.70. The topological polar surface area (TPSA) is 62.8 Å². The number of carbonyl (C=O) groups is 1. The van der Waals surface area contributed by atoms with Crippen LogP contribution in [0, 0.1) is 0 Å². The van der Waals surface area contributed by atoms with E-state index in [1.54, 1.807) is 0 Å². The Morgan fingerprint density at radius 3 is 2.41 bits per heavy atom. The van der Waals surface area contributed by atoms with Gasteiger partial charge in [0.25, 0.3) is 0 Å². The zero-order chi connectivity index (χ0) is 23.4. The second-order valence-electron chi connectivity index (χ2n) is 8.85. The third-order valence-corrected chi connectivity index (χ3v) is 5.12. The number of amides is 1. The van der Waals surface area contributed by atoms with Crippen LogP contribution in [0.25, 0.3) is 0 Å². The minimum absolute atomic E-state index is 0.395. The Labute approximate surface area is 197 Å². The lowest BCUT2D eigenvalue weighted by molar-refractivity contribution is 0.0242. The molecule has 6 nitrogen and oxygen atoms in total. The number of hydroxylamine groups is 1. The normalized spacial score (nSPS) is 11.6. The van der Waals surface area contributed by atoms with Crippen molar-refractivity contribution >= 4 is 17.7 Å². The largest absolute Gasteiger partial charge is 0.444 e. The van der Waals surface area contributed by atoms with E-state index in [4.69, 9.17) is 21.2 Å². The Bertz CT molecular complexity index is 822. The van der Waals surface area contributed by atoms with Gasteiger partial charge in [0.1, 0.15) is 5.60 Å². The summed E-state index contributed by atoms with van der Waals surface area (Å²) in [5.74, 6) is 0. The predicted octanol–water partition coefficient (Wildman–Crippen LogP) is 4.95. The minimum Gasteiger partial charge on any atom is -0.444 e. The van der Waals surface area contributed by atoms with Gasteiger partial charge in [0.15, 0.2) is 0 Å². The molecule has 0 unspecified atom stereocenters. The zero-order valence-electron chi connectivity index (χ0n) is 19.6. The summed E-state index contributed by atoms with van der Waals surface area (Å²) in [7, 11) is 2.11. The number of hydrogen-bond donors (Lipinski definition) is 2. The zero-order valence-corrected chi connectivity index (χ0v) is 20.4. The van der Waals surface area contributed by atoms with Gasteiger partial charge in [0, 0.05) is 24.7 Å². The van der Waals surface area contributed by atoms with Crippen LogP contribution in [0.4, 0.5) is 4.79 Å². The van der Waals surface area contributed by atoms with Crippen LogP contribution >= 0.6 is 11.6 Å². The first-order chi connectivity index (χ1) is 15.2. The van der Waals surface area contributed by atoms with E-state index in [0.717, 1.165) is 48.6 Å². The van der Waals surface area contributed by atoms with Crippen LogP contribution in [0.1, 0.15) is 43.9 Å². The molecule has 0 fully saturated rings. The van der Waals surface area contributed by atoms with Crippen LogP contribution in [0.3, 0.4) is 0 Å². The smallest absolute Gasteiger partial charge is 0.407 e. The number of rotatable bonds is 12. The molecule has 0 aliphatic rings. The number of halogens is 1. The minimum atomic E-state index is -0.485. The molecule has 2 N–H and O–H groups in total. The lowest BCUT2D eigenvalue weighted by atomic mass is 10.1. The maximum absolute atomic E-state index is 11.7. The van der Waals surface area contributed by atoms with E-state index in [1.165, 1.54) is 5.56 Å². The highest BCUT2D eigenvalue weighted by Crippen LogP contribution is 2.15. The van der Waals surface area contributed by atoms with Crippen molar-refractivity contribution in [1.82, 2.24) is 15.7 Å². The number of ether oxygens (including phenoxy) is 1. The first-order valence-corrected chi connectivity index (χ1v) is 11.4. The summed E-state index contributed by atoms with van der Waals surface area (Å²) in [6.45, 7) is 9.13. The summed E-state index contributed by atoms with van der Waals surface area (Å²) in [6, 6.07) is 16.0. The van der Waals surface area contributed by atoms with E-state index < -0.39 is 11.7 Å². The van der Waals surface area contributed by atoms with E-state index in [2.05, 4.69) is 47.0 Å². The molecule has 2 aromatic carbocycles. The molecule has 32 heavy (non-hydrogen) atoms. The standard InChI is InChI=1S/C25H36ClN3O3/c1-25(2,3)32-24(30)27-18-21-13-11-20(12-14-21)8-7-16-29(4)17-15-28-31-19-22-9-5-6-10-23(22)26/h5-6,9-14,28H,7-8,15-19H2,1-4H3,(H,27,30). The van der Waals surface area contributed by atoms with Crippen LogP contribution in [0.15, 0.2) is 48.5 Å². The van der Waals surface area contributed by atoms with Crippen LogP contribution in [0.2, 0.25) is 5.02 Å². The Morgan fingerprint density at radius 2 is 1.72 bits per heavy atom. The molecule has 0 aliphatic heterocycles. The van der Waals surface area contributed by atoms with Gasteiger partial charge in [0.05, 0.1) is 6.61 Å². The first-order valence-electron chi connectivity index (χ1n) is 11.0. The van der Waals surface area contributed by atoms with E-state index in [1.807, 2.05) is 45.0 Å². The van der Waals surface area contributed by atoms with Crippen molar-refractivity contribution in [2.45, 2.75) is 52.4 Å². The monoisotopic (exact) mass is 461 g/mol. The Kier molecular flexibility index (Phi) is 11.0. The van der Waals surface area contributed by atoms with Gasteiger partial charge in [-0.15, -0.1) is 0 Å². The molecule has 176 valence electrons. The Hall–Kier alpha value is -2.12. The highest BCUT2D eigenvalue weighted by molar-refractivity contribution is 6.31. The van der Waals surface area contributed by atoms with Crippen molar-refractivity contribution in [1.29, 1.82) is 0 Å². The fourth-order valence-electron chi connectivity index (χ4n) is 3.03. The molecule has 1 amide bonds. The maximum Gasteiger partial charge on any atom is 0.407 e. The molecule has 0 bridgehead atoms. The molecular formula is C25H36ClN3O3. The number of alkyl carbamates (subject to hydrolysis) is 1. The van der Waals surface area contributed by atoms with Gasteiger partial charge >= 0.3 is 6.09 Å². The Morgan fingerprint density at radius 1 is 1.03 bits per heavy atom. The van der Waals surface area contributed by atoms with Gasteiger partial charge in [-0.1, -0.05) is 54.1 Å². The molecule has 0 spiro atoms. The molecule has 0 atom stereocenters. The van der Waals surface area contributed by atoms with Crippen molar-refractivity contribution in [3.63, 3.8) is 0 Å². The molecule has 7 heteroatoms. The van der Waals surface area contributed by atoms with Crippen molar-refractivity contribution in [2.75, 3.05) is 26.7 Å². The van der Waals surface area contributed by atoms with Gasteiger partial charge in [-0.2, -0.15) is 0 Å². The summed E-state index contributed by atoms with van der Waals surface area (Å²) in [5.41, 5.74) is 5.84. The number of likely N-dealkylation sites (N-methyl/N-ethyl adjacent to an activating group) is 1. The highest BCUT2D eigenvalue weighted by Gasteiger charge is 2.15. The van der Waals surface area contributed by atoms with Crippen molar-refractivity contribution < 1.29 is 14.4 Å². The average Bonchev–Trinajstić information content (AvgIpc) is 2.73. The quantitative estimate of drug-likeness (QED) is 0.346. The summed E-state index contributed by atoms with van der Waals surface area (Å²) in [4.78, 5) is 19.5. The molecule has 0 saturated heterocycles. The van der Waals surface area contributed by atoms with Crippen LogP contribution in [0.5, 0.6) is 0 Å². The Balaban J connectivity index is 1.55. The van der Waals surface area contributed by atoms with Crippen molar-refractivity contribution in [3.05, 3.63) is 70.2 Å². The van der Waals surface area contributed by atoms with E-state index in [-0.39, 0.29) is 0 Å². The molecule has 2 rings (SSSR count). The molecule has 0 saturated carbocycles. The third-order valence-electron chi connectivity index (χ3n) is 4.75. The lowest BCUT2D eigenvalue weighted by Crippen LogP contribution is -2.32. The SMILES string of the molecule is CN(CCCc1ccc(CNC(=O)OC(C)(C)C)cc1)CCNOCc1ccccc1Cl. The average molecular weight is 462 g/mol. The number of nitrogens with one attached hydrogen (secondary N) is 2. The van der Waals surface area contributed by atoms with E-state index in [9.17, 15) is 4.79 Å². The van der Waals surface area contributed by atoms with E-state index in [0.29, 0.717) is 13.2 Å². The fraction of sp³-hybridized carbons (Fsp3) is 0.480. The van der Waals surface area contributed by atoms with Crippen LogP contribution in [-0.2, 0) is 29.1 Å². The predicted molar refractivity (Wildman–Crippen MR) is 130 cm³/mol. The van der Waals surface area contributed by atoms with Crippen molar-refractivity contribution in [3.8, 4) is 0 Å². The van der Waals surface area contributed by atoms with Gasteiger partial charge in [0.2, 0.25) is 0 Å². The highest BCUT2D eigenvalue weighted by atomic mass is 35.5. The summed E-state index contributed by atoms with van der Waals surface area (Å²) in [5, 5.41) is 3.50.